The smallest absolute Gasteiger partial charge is 0.244 e. The quantitative estimate of drug-likeness (QED) is 0.650. The molecular weight excluding hydrogens is 368 g/mol. The minimum absolute atomic E-state index is 0.198. The molecule has 0 radical (unpaired) electrons. The summed E-state index contributed by atoms with van der Waals surface area (Å²) < 4.78 is 28.0. The number of hydrogen-bond acceptors (Lipinski definition) is 3. The van der Waals surface area contributed by atoms with E-state index in [4.69, 9.17) is 11.6 Å². The molecule has 2 aromatic carbocycles. The molecule has 1 aromatic heterocycles. The lowest BCUT2D eigenvalue weighted by Crippen LogP contribution is -2.33. The van der Waals surface area contributed by atoms with Gasteiger partial charge >= 0.3 is 0 Å². The third-order valence-electron chi connectivity index (χ3n) is 4.32. The van der Waals surface area contributed by atoms with Gasteiger partial charge in [-0.05, 0) is 42.3 Å². The number of benzene rings is 2. The average molecular weight is 387 g/mol. The Balaban J connectivity index is 2.14. The lowest BCUT2D eigenvalue weighted by Gasteiger charge is -2.28. The molecule has 1 atom stereocenters. The van der Waals surface area contributed by atoms with Gasteiger partial charge in [-0.1, -0.05) is 54.1 Å². The van der Waals surface area contributed by atoms with Crippen LogP contribution >= 0.6 is 11.6 Å². The van der Waals surface area contributed by atoms with Crippen LogP contribution in [0.2, 0.25) is 5.02 Å². The minimum atomic E-state index is -3.78. The van der Waals surface area contributed by atoms with Crippen LogP contribution in [0.4, 0.5) is 0 Å². The van der Waals surface area contributed by atoms with Gasteiger partial charge in [-0.15, -0.1) is 0 Å². The van der Waals surface area contributed by atoms with Crippen LogP contribution in [0.15, 0.2) is 77.8 Å². The first-order valence-corrected chi connectivity index (χ1v) is 9.93. The summed E-state index contributed by atoms with van der Waals surface area (Å²) in [5, 5.41) is 0.425. The van der Waals surface area contributed by atoms with Gasteiger partial charge in [0.15, 0.2) is 0 Å². The number of hydrogen-bond donors (Lipinski definition) is 0. The number of pyridine rings is 1. The van der Waals surface area contributed by atoms with E-state index in [9.17, 15) is 8.42 Å². The molecular formula is C20H19ClN2O2S. The molecule has 0 N–H and O–H groups in total. The average Bonchev–Trinajstić information content (AvgIpc) is 2.65. The Labute approximate surface area is 159 Å². The number of sulfonamides is 1. The SMILES string of the molecule is Cc1c(Cl)cccc1S(=O)(=O)N(C)[C@H](c1ccccc1)c1ccccn1. The Hall–Kier alpha value is -2.21. The summed E-state index contributed by atoms with van der Waals surface area (Å²) in [5.74, 6) is 0. The van der Waals surface area contributed by atoms with Crippen molar-refractivity contribution in [2.45, 2.75) is 17.9 Å². The summed E-state index contributed by atoms with van der Waals surface area (Å²) in [6.07, 6.45) is 1.66. The normalized spacial score (nSPS) is 12.9. The molecule has 0 fully saturated rings. The fraction of sp³-hybridized carbons (Fsp3) is 0.150. The molecule has 3 aromatic rings. The Kier molecular flexibility index (Phi) is 5.41. The standard InChI is InChI=1S/C20H19ClN2O2S/c1-15-17(21)11-8-13-19(15)26(24,25)23(2)20(16-9-4-3-5-10-16)18-12-6-7-14-22-18/h3-14,20H,1-2H3/t20-/m1/s1. The fourth-order valence-electron chi connectivity index (χ4n) is 2.90. The highest BCUT2D eigenvalue weighted by molar-refractivity contribution is 7.89. The van der Waals surface area contributed by atoms with E-state index in [1.54, 1.807) is 44.4 Å². The molecule has 0 aliphatic heterocycles. The first kappa shape index (κ1) is 18.6. The first-order valence-electron chi connectivity index (χ1n) is 8.12. The zero-order valence-corrected chi connectivity index (χ0v) is 16.1. The highest BCUT2D eigenvalue weighted by Crippen LogP contribution is 2.33. The van der Waals surface area contributed by atoms with E-state index in [1.807, 2.05) is 42.5 Å². The molecule has 0 saturated carbocycles. The van der Waals surface area contributed by atoms with Crippen LogP contribution in [0.1, 0.15) is 22.9 Å². The van der Waals surface area contributed by atoms with Crippen LogP contribution in [0.25, 0.3) is 0 Å². The lowest BCUT2D eigenvalue weighted by atomic mass is 10.0. The molecule has 0 unspecified atom stereocenters. The van der Waals surface area contributed by atoms with Crippen LogP contribution < -0.4 is 0 Å². The van der Waals surface area contributed by atoms with Crippen LogP contribution in [0.3, 0.4) is 0 Å². The van der Waals surface area contributed by atoms with E-state index in [2.05, 4.69) is 4.98 Å². The monoisotopic (exact) mass is 386 g/mol. The maximum atomic E-state index is 13.3. The lowest BCUT2D eigenvalue weighted by molar-refractivity contribution is 0.411. The van der Waals surface area contributed by atoms with Gasteiger partial charge in [-0.25, -0.2) is 8.42 Å². The topological polar surface area (TPSA) is 50.3 Å². The maximum Gasteiger partial charge on any atom is 0.244 e. The third-order valence-corrected chi connectivity index (χ3v) is 6.70. The maximum absolute atomic E-state index is 13.3. The molecule has 0 bridgehead atoms. The second kappa shape index (κ2) is 7.58. The molecule has 1 heterocycles. The van der Waals surface area contributed by atoms with Crippen molar-refractivity contribution in [1.29, 1.82) is 0 Å². The Morgan fingerprint density at radius 2 is 1.65 bits per heavy atom. The van der Waals surface area contributed by atoms with Crippen LogP contribution in [0.5, 0.6) is 0 Å². The summed E-state index contributed by atoms with van der Waals surface area (Å²) >= 11 is 6.14. The fourth-order valence-corrected chi connectivity index (χ4v) is 4.70. The third kappa shape index (κ3) is 3.51. The van der Waals surface area contributed by atoms with Gasteiger partial charge in [0.25, 0.3) is 0 Å². The van der Waals surface area contributed by atoms with Crippen molar-refractivity contribution >= 4 is 21.6 Å². The molecule has 0 aliphatic rings. The zero-order chi connectivity index (χ0) is 18.7. The molecule has 6 heteroatoms. The largest absolute Gasteiger partial charge is 0.259 e. The molecule has 26 heavy (non-hydrogen) atoms. The summed E-state index contributed by atoms with van der Waals surface area (Å²) in [7, 11) is -2.21. The van der Waals surface area contributed by atoms with Gasteiger partial charge in [0.1, 0.15) is 0 Å². The molecule has 0 spiro atoms. The van der Waals surface area contributed by atoms with Gasteiger partial charge in [-0.3, -0.25) is 4.98 Å². The number of halogens is 1. The van der Waals surface area contributed by atoms with E-state index in [1.165, 1.54) is 4.31 Å². The van der Waals surface area contributed by atoms with E-state index >= 15 is 0 Å². The summed E-state index contributed by atoms with van der Waals surface area (Å²) in [5.41, 5.74) is 2.04. The van der Waals surface area contributed by atoms with Crippen LogP contribution in [-0.4, -0.2) is 24.8 Å². The van der Waals surface area contributed by atoms with Crippen LogP contribution in [0, 0.1) is 6.92 Å². The van der Waals surface area contributed by atoms with Crippen molar-refractivity contribution in [2.24, 2.45) is 0 Å². The minimum Gasteiger partial charge on any atom is -0.259 e. The summed E-state index contributed by atoms with van der Waals surface area (Å²) in [6.45, 7) is 1.71. The summed E-state index contributed by atoms with van der Waals surface area (Å²) in [6, 6.07) is 19.3. The van der Waals surface area contributed by atoms with Gasteiger partial charge in [0, 0.05) is 18.3 Å². The second-order valence-corrected chi connectivity index (χ2v) is 8.33. The van der Waals surface area contributed by atoms with E-state index < -0.39 is 16.1 Å². The van der Waals surface area contributed by atoms with E-state index in [0.29, 0.717) is 16.3 Å². The highest BCUT2D eigenvalue weighted by atomic mass is 35.5. The zero-order valence-electron chi connectivity index (χ0n) is 14.5. The van der Waals surface area contributed by atoms with Crippen LogP contribution in [-0.2, 0) is 10.0 Å². The van der Waals surface area contributed by atoms with Gasteiger partial charge in [0.2, 0.25) is 10.0 Å². The molecule has 0 saturated heterocycles. The first-order chi connectivity index (χ1) is 12.4. The Morgan fingerprint density at radius 3 is 2.31 bits per heavy atom. The molecule has 0 amide bonds. The van der Waals surface area contributed by atoms with Crippen molar-refractivity contribution in [3.8, 4) is 0 Å². The number of rotatable bonds is 5. The molecule has 0 aliphatic carbocycles. The molecule has 134 valence electrons. The Morgan fingerprint density at radius 1 is 0.962 bits per heavy atom. The van der Waals surface area contributed by atoms with Crippen molar-refractivity contribution in [2.75, 3.05) is 7.05 Å². The number of nitrogens with zero attached hydrogens (tertiary/aromatic N) is 2. The second-order valence-electron chi connectivity index (χ2n) is 5.95. The van der Waals surface area contributed by atoms with Crippen molar-refractivity contribution in [1.82, 2.24) is 9.29 Å². The van der Waals surface area contributed by atoms with Crippen molar-refractivity contribution < 1.29 is 8.42 Å². The van der Waals surface area contributed by atoms with Gasteiger partial charge < -0.3 is 0 Å². The van der Waals surface area contributed by atoms with Crippen molar-refractivity contribution in [3.63, 3.8) is 0 Å². The summed E-state index contributed by atoms with van der Waals surface area (Å²) in [4.78, 5) is 4.59. The van der Waals surface area contributed by atoms with Crippen molar-refractivity contribution in [3.05, 3.63) is 94.8 Å². The predicted molar refractivity (Wildman–Crippen MR) is 104 cm³/mol. The molecule has 4 nitrogen and oxygen atoms in total. The highest BCUT2D eigenvalue weighted by Gasteiger charge is 2.32. The predicted octanol–water partition coefficient (Wildman–Crippen LogP) is 4.45. The van der Waals surface area contributed by atoms with E-state index in [0.717, 1.165) is 5.56 Å². The number of aromatic nitrogens is 1. The Bertz CT molecular complexity index is 953. The van der Waals surface area contributed by atoms with Gasteiger partial charge in [-0.2, -0.15) is 4.31 Å². The van der Waals surface area contributed by atoms with E-state index in [-0.39, 0.29) is 4.90 Å². The van der Waals surface area contributed by atoms with Gasteiger partial charge in [0.05, 0.1) is 16.6 Å². The molecule has 3 rings (SSSR count).